The molecule has 0 aromatic heterocycles. The van der Waals surface area contributed by atoms with E-state index in [0.717, 1.165) is 32.2 Å². The molecule has 8 nitrogen and oxygen atoms in total. The smallest absolute Gasteiger partial charge is 0.320 e. The Hall–Kier alpha value is -1.68. The van der Waals surface area contributed by atoms with E-state index in [1.807, 2.05) is 24.9 Å². The van der Waals surface area contributed by atoms with E-state index in [1.165, 1.54) is 4.31 Å². The first-order valence-electron chi connectivity index (χ1n) is 11.2. The van der Waals surface area contributed by atoms with Crippen LogP contribution in [0.25, 0.3) is 0 Å². The number of anilines is 1. The number of carbonyl (C=O) groups excluding carboxylic acids is 1. The third kappa shape index (κ3) is 9.99. The summed E-state index contributed by atoms with van der Waals surface area (Å²) in [6.45, 7) is 5.11. The van der Waals surface area contributed by atoms with Gasteiger partial charge in [0.15, 0.2) is 0 Å². The fourth-order valence-electron chi connectivity index (χ4n) is 3.55. The van der Waals surface area contributed by atoms with Crippen LogP contribution >= 0.6 is 0 Å². The number of piperidine rings is 1. The molecule has 1 aromatic rings. The zero-order valence-corrected chi connectivity index (χ0v) is 19.6. The highest BCUT2D eigenvalue weighted by Crippen LogP contribution is 2.19. The first kappa shape index (κ1) is 25.6. The van der Waals surface area contributed by atoms with Gasteiger partial charge < -0.3 is 9.47 Å². The van der Waals surface area contributed by atoms with E-state index in [9.17, 15) is 13.2 Å². The topological polar surface area (TPSA) is 88.2 Å². The van der Waals surface area contributed by atoms with Gasteiger partial charge in [0.25, 0.3) is 0 Å². The minimum Gasteiger partial charge on any atom is -0.465 e. The minimum absolute atomic E-state index is 0.124. The van der Waals surface area contributed by atoms with E-state index >= 15 is 0 Å². The average Bonchev–Trinajstić information content (AvgIpc) is 2.74. The molecule has 0 unspecified atom stereocenters. The van der Waals surface area contributed by atoms with Gasteiger partial charge >= 0.3 is 16.2 Å². The predicted molar refractivity (Wildman–Crippen MR) is 122 cm³/mol. The second-order valence-corrected chi connectivity index (χ2v) is 9.57. The number of nitrogens with zero attached hydrogens (tertiary/aromatic N) is 2. The van der Waals surface area contributed by atoms with Crippen molar-refractivity contribution < 1.29 is 22.7 Å². The van der Waals surface area contributed by atoms with Crippen molar-refractivity contribution in [3.8, 4) is 0 Å². The summed E-state index contributed by atoms with van der Waals surface area (Å²) in [7, 11) is -1.59. The number of rotatable bonds is 14. The van der Waals surface area contributed by atoms with Gasteiger partial charge in [0.2, 0.25) is 0 Å². The molecule has 31 heavy (non-hydrogen) atoms. The second kappa shape index (κ2) is 13.7. The normalized spacial score (nSPS) is 15.8. The average molecular weight is 456 g/mol. The molecule has 1 fully saturated rings. The summed E-state index contributed by atoms with van der Waals surface area (Å²) in [6.07, 6.45) is 5.78. The van der Waals surface area contributed by atoms with Crippen molar-refractivity contribution in [1.82, 2.24) is 9.21 Å². The Morgan fingerprint density at radius 3 is 2.48 bits per heavy atom. The highest BCUT2D eigenvalue weighted by atomic mass is 32.2. The Morgan fingerprint density at radius 2 is 1.81 bits per heavy atom. The van der Waals surface area contributed by atoms with Crippen LogP contribution in [0.3, 0.4) is 0 Å². The van der Waals surface area contributed by atoms with E-state index in [2.05, 4.69) is 4.72 Å². The highest BCUT2D eigenvalue weighted by molar-refractivity contribution is 7.90. The number of hydrogen-bond acceptors (Lipinski definition) is 6. The Kier molecular flexibility index (Phi) is 11.3. The molecule has 0 atom stereocenters. The first-order valence-corrected chi connectivity index (χ1v) is 12.6. The fraction of sp³-hybridized carbons (Fsp3) is 0.682. The van der Waals surface area contributed by atoms with Crippen LogP contribution in [0.5, 0.6) is 0 Å². The van der Waals surface area contributed by atoms with E-state index in [1.54, 1.807) is 24.3 Å². The minimum atomic E-state index is -3.52. The molecule has 1 N–H and O–H groups in total. The molecule has 1 aromatic carbocycles. The first-order chi connectivity index (χ1) is 14.9. The number of likely N-dealkylation sites (N-methyl/N-ethyl adjacent to an activating group) is 1. The zero-order valence-electron chi connectivity index (χ0n) is 18.8. The van der Waals surface area contributed by atoms with E-state index in [0.29, 0.717) is 51.4 Å². The van der Waals surface area contributed by atoms with Crippen LogP contribution in [-0.4, -0.2) is 76.1 Å². The third-order valence-corrected chi connectivity index (χ3v) is 6.79. The SMILES string of the molecule is CCOC(=O)CN(C)CCCCCCOC1CCN(S(=O)(=O)Nc2ccccc2)CC1. The van der Waals surface area contributed by atoms with Gasteiger partial charge in [-0.1, -0.05) is 31.0 Å². The molecule has 0 saturated carbocycles. The molecule has 0 spiro atoms. The fourth-order valence-corrected chi connectivity index (χ4v) is 4.81. The van der Waals surface area contributed by atoms with Crippen LogP contribution in [0.1, 0.15) is 45.4 Å². The maximum atomic E-state index is 12.5. The third-order valence-electron chi connectivity index (χ3n) is 5.25. The molecule has 9 heteroatoms. The summed E-state index contributed by atoms with van der Waals surface area (Å²) in [5, 5.41) is 0. The standard InChI is InChI=1S/C22H37N3O5S/c1-3-29-22(26)19-24(2)15-9-4-5-10-18-30-21-13-16-25(17-14-21)31(27,28)23-20-11-7-6-8-12-20/h6-8,11-12,21,23H,3-5,9-10,13-19H2,1-2H3. The lowest BCUT2D eigenvalue weighted by atomic mass is 10.1. The summed E-state index contributed by atoms with van der Waals surface area (Å²) in [4.78, 5) is 13.4. The Morgan fingerprint density at radius 1 is 1.13 bits per heavy atom. The molecule has 0 bridgehead atoms. The van der Waals surface area contributed by atoms with Crippen LogP contribution < -0.4 is 4.72 Å². The maximum absolute atomic E-state index is 12.5. The van der Waals surface area contributed by atoms with Gasteiger partial charge in [-0.2, -0.15) is 12.7 Å². The summed E-state index contributed by atoms with van der Waals surface area (Å²) in [6, 6.07) is 8.95. The maximum Gasteiger partial charge on any atom is 0.320 e. The summed E-state index contributed by atoms with van der Waals surface area (Å²) in [5.41, 5.74) is 0.577. The quantitative estimate of drug-likeness (QED) is 0.343. The molecule has 0 radical (unpaired) electrons. The summed E-state index contributed by atoms with van der Waals surface area (Å²) >= 11 is 0. The lowest BCUT2D eigenvalue weighted by molar-refractivity contribution is -0.144. The molecular formula is C22H37N3O5S. The van der Waals surface area contributed by atoms with Crippen molar-refractivity contribution in [1.29, 1.82) is 0 Å². The van der Waals surface area contributed by atoms with Gasteiger partial charge in [0, 0.05) is 25.4 Å². The largest absolute Gasteiger partial charge is 0.465 e. The number of hydrogen-bond donors (Lipinski definition) is 1. The molecule has 0 aliphatic carbocycles. The molecule has 1 saturated heterocycles. The van der Waals surface area contributed by atoms with Crippen LogP contribution in [0, 0.1) is 0 Å². The van der Waals surface area contributed by atoms with E-state index < -0.39 is 10.2 Å². The van der Waals surface area contributed by atoms with Gasteiger partial charge in [-0.3, -0.25) is 14.4 Å². The number of nitrogens with one attached hydrogen (secondary N) is 1. The predicted octanol–water partition coefficient (Wildman–Crippen LogP) is 2.88. The molecule has 2 rings (SSSR count). The monoisotopic (exact) mass is 455 g/mol. The number of benzene rings is 1. The summed E-state index contributed by atoms with van der Waals surface area (Å²) in [5.74, 6) is -0.173. The molecule has 1 aliphatic rings. The zero-order chi connectivity index (χ0) is 22.5. The number of para-hydroxylation sites is 1. The van der Waals surface area contributed by atoms with Gasteiger partial charge in [-0.15, -0.1) is 0 Å². The van der Waals surface area contributed by atoms with Crippen molar-refractivity contribution in [2.75, 3.05) is 51.2 Å². The molecular weight excluding hydrogens is 418 g/mol. The number of unbranched alkanes of at least 4 members (excludes halogenated alkanes) is 3. The number of carbonyl (C=O) groups is 1. The highest BCUT2D eigenvalue weighted by Gasteiger charge is 2.28. The molecule has 1 aliphatic heterocycles. The van der Waals surface area contributed by atoms with Crippen LogP contribution in [0.4, 0.5) is 5.69 Å². The van der Waals surface area contributed by atoms with Gasteiger partial charge in [-0.25, -0.2) is 0 Å². The number of ether oxygens (including phenoxy) is 2. The van der Waals surface area contributed by atoms with Gasteiger partial charge in [0.05, 0.1) is 19.3 Å². The Balaban J connectivity index is 1.52. The van der Waals surface area contributed by atoms with Crippen LogP contribution in [0.15, 0.2) is 30.3 Å². The van der Waals surface area contributed by atoms with Gasteiger partial charge in [-0.05, 0) is 58.3 Å². The van der Waals surface area contributed by atoms with Crippen LogP contribution in [-0.2, 0) is 24.5 Å². The van der Waals surface area contributed by atoms with Crippen LogP contribution in [0.2, 0.25) is 0 Å². The molecule has 176 valence electrons. The van der Waals surface area contributed by atoms with Crippen molar-refractivity contribution in [2.45, 2.75) is 51.6 Å². The van der Waals surface area contributed by atoms with Crippen molar-refractivity contribution in [2.24, 2.45) is 0 Å². The Labute approximate surface area is 187 Å². The van der Waals surface area contributed by atoms with Crippen molar-refractivity contribution >= 4 is 21.9 Å². The van der Waals surface area contributed by atoms with E-state index in [4.69, 9.17) is 9.47 Å². The number of esters is 1. The van der Waals surface area contributed by atoms with Crippen molar-refractivity contribution in [3.63, 3.8) is 0 Å². The molecule has 0 amide bonds. The Bertz CT molecular complexity index is 737. The van der Waals surface area contributed by atoms with Crippen molar-refractivity contribution in [3.05, 3.63) is 30.3 Å². The summed E-state index contributed by atoms with van der Waals surface area (Å²) < 4.78 is 40.0. The molecule has 1 heterocycles. The van der Waals surface area contributed by atoms with Gasteiger partial charge in [0.1, 0.15) is 0 Å². The van der Waals surface area contributed by atoms with E-state index in [-0.39, 0.29) is 12.1 Å². The lowest BCUT2D eigenvalue weighted by Crippen LogP contribution is -2.43. The second-order valence-electron chi connectivity index (χ2n) is 7.90. The lowest BCUT2D eigenvalue weighted by Gasteiger charge is -2.31.